The van der Waals surface area contributed by atoms with Crippen LogP contribution in [0.3, 0.4) is 0 Å². The standard InChI is InChI=1S/C19H19ClN2O3/c1-12-8-9-16-15(10-12)22(18(24)19(2,3)25-16)11-17(23)21-14-7-5-4-6-13(14)20/h4-10H,11H2,1-3H3,(H,21,23). The summed E-state index contributed by atoms with van der Waals surface area (Å²) in [7, 11) is 0. The predicted octanol–water partition coefficient (Wildman–Crippen LogP) is 3.79. The van der Waals surface area contributed by atoms with Gasteiger partial charge in [0.25, 0.3) is 5.91 Å². The van der Waals surface area contributed by atoms with E-state index in [9.17, 15) is 9.59 Å². The van der Waals surface area contributed by atoms with E-state index in [-0.39, 0.29) is 18.4 Å². The van der Waals surface area contributed by atoms with Crippen molar-refractivity contribution in [2.45, 2.75) is 26.4 Å². The van der Waals surface area contributed by atoms with Gasteiger partial charge in [0.1, 0.15) is 12.3 Å². The zero-order valence-electron chi connectivity index (χ0n) is 14.3. The van der Waals surface area contributed by atoms with Crippen molar-refractivity contribution in [3.63, 3.8) is 0 Å². The van der Waals surface area contributed by atoms with Crippen LogP contribution < -0.4 is 15.0 Å². The Morgan fingerprint density at radius 3 is 2.68 bits per heavy atom. The monoisotopic (exact) mass is 358 g/mol. The molecule has 5 nitrogen and oxygen atoms in total. The molecule has 1 aliphatic rings. The first-order chi connectivity index (χ1) is 11.8. The van der Waals surface area contributed by atoms with Gasteiger partial charge < -0.3 is 10.1 Å². The number of carbonyl (C=O) groups is 2. The second-order valence-corrected chi connectivity index (χ2v) is 6.91. The highest BCUT2D eigenvalue weighted by Crippen LogP contribution is 2.38. The van der Waals surface area contributed by atoms with Crippen molar-refractivity contribution < 1.29 is 14.3 Å². The van der Waals surface area contributed by atoms with Crippen molar-refractivity contribution in [2.24, 2.45) is 0 Å². The molecule has 0 unspecified atom stereocenters. The molecule has 0 spiro atoms. The fraction of sp³-hybridized carbons (Fsp3) is 0.263. The number of ether oxygens (including phenoxy) is 1. The lowest BCUT2D eigenvalue weighted by Gasteiger charge is -2.38. The number of rotatable bonds is 3. The number of para-hydroxylation sites is 1. The van der Waals surface area contributed by atoms with Gasteiger partial charge in [-0.05, 0) is 50.6 Å². The summed E-state index contributed by atoms with van der Waals surface area (Å²) in [5, 5.41) is 3.19. The number of benzene rings is 2. The maximum absolute atomic E-state index is 12.8. The molecule has 3 rings (SSSR count). The zero-order valence-corrected chi connectivity index (χ0v) is 15.1. The van der Waals surface area contributed by atoms with Gasteiger partial charge in [0.05, 0.1) is 16.4 Å². The van der Waals surface area contributed by atoms with Gasteiger partial charge >= 0.3 is 0 Å². The van der Waals surface area contributed by atoms with Crippen molar-refractivity contribution in [1.29, 1.82) is 0 Å². The smallest absolute Gasteiger partial charge is 0.271 e. The minimum atomic E-state index is -1.03. The molecular formula is C19H19ClN2O3. The van der Waals surface area contributed by atoms with Gasteiger partial charge in [-0.15, -0.1) is 0 Å². The van der Waals surface area contributed by atoms with E-state index < -0.39 is 5.60 Å². The van der Waals surface area contributed by atoms with E-state index in [0.29, 0.717) is 22.1 Å². The average Bonchev–Trinajstić information content (AvgIpc) is 2.55. The first kappa shape index (κ1) is 17.3. The van der Waals surface area contributed by atoms with Gasteiger partial charge in [0.15, 0.2) is 5.60 Å². The van der Waals surface area contributed by atoms with Crippen LogP contribution in [0.25, 0.3) is 0 Å². The van der Waals surface area contributed by atoms with Crippen molar-refractivity contribution in [3.05, 3.63) is 53.1 Å². The van der Waals surface area contributed by atoms with Gasteiger partial charge in [0.2, 0.25) is 5.91 Å². The molecule has 0 radical (unpaired) electrons. The number of nitrogens with one attached hydrogen (secondary N) is 1. The van der Waals surface area contributed by atoms with Crippen LogP contribution in [0.15, 0.2) is 42.5 Å². The number of aryl methyl sites for hydroxylation is 1. The molecule has 1 aliphatic heterocycles. The van der Waals surface area contributed by atoms with Crippen molar-refractivity contribution >= 4 is 34.8 Å². The second kappa shape index (κ2) is 6.41. The molecule has 0 saturated heterocycles. The molecule has 1 heterocycles. The normalized spacial score (nSPS) is 15.4. The maximum Gasteiger partial charge on any atom is 0.271 e. The van der Waals surface area contributed by atoms with E-state index in [2.05, 4.69) is 5.32 Å². The topological polar surface area (TPSA) is 58.6 Å². The van der Waals surface area contributed by atoms with Crippen molar-refractivity contribution in [1.82, 2.24) is 0 Å². The van der Waals surface area contributed by atoms with Crippen LogP contribution in [-0.4, -0.2) is 24.0 Å². The molecular weight excluding hydrogens is 340 g/mol. The summed E-state index contributed by atoms with van der Waals surface area (Å²) in [5.41, 5.74) is 1.05. The summed E-state index contributed by atoms with van der Waals surface area (Å²) in [4.78, 5) is 26.7. The fourth-order valence-corrected chi connectivity index (χ4v) is 2.91. The van der Waals surface area contributed by atoms with E-state index in [1.54, 1.807) is 38.1 Å². The van der Waals surface area contributed by atoms with Gasteiger partial charge in [-0.3, -0.25) is 14.5 Å². The molecule has 0 fully saturated rings. The lowest BCUT2D eigenvalue weighted by molar-refractivity contribution is -0.133. The molecule has 2 aromatic carbocycles. The van der Waals surface area contributed by atoms with Crippen LogP contribution >= 0.6 is 11.6 Å². The third-order valence-electron chi connectivity index (χ3n) is 3.98. The molecule has 2 amide bonds. The molecule has 2 aromatic rings. The van der Waals surface area contributed by atoms with Gasteiger partial charge in [-0.2, -0.15) is 0 Å². The summed E-state index contributed by atoms with van der Waals surface area (Å²) in [6, 6.07) is 12.5. The van der Waals surface area contributed by atoms with Gasteiger partial charge in [0, 0.05) is 0 Å². The van der Waals surface area contributed by atoms with E-state index >= 15 is 0 Å². The maximum atomic E-state index is 12.8. The molecule has 25 heavy (non-hydrogen) atoms. The summed E-state index contributed by atoms with van der Waals surface area (Å²) in [6.07, 6.45) is 0. The molecule has 6 heteroatoms. The molecule has 1 N–H and O–H groups in total. The number of anilines is 2. The highest BCUT2D eigenvalue weighted by atomic mass is 35.5. The van der Waals surface area contributed by atoms with Crippen LogP contribution in [0.4, 0.5) is 11.4 Å². The fourth-order valence-electron chi connectivity index (χ4n) is 2.73. The summed E-state index contributed by atoms with van der Waals surface area (Å²) in [6.45, 7) is 5.19. The summed E-state index contributed by atoms with van der Waals surface area (Å²) in [5.74, 6) is -0.00717. The molecule has 0 aromatic heterocycles. The lowest BCUT2D eigenvalue weighted by Crippen LogP contribution is -2.54. The minimum Gasteiger partial charge on any atom is -0.476 e. The number of amides is 2. The summed E-state index contributed by atoms with van der Waals surface area (Å²) < 4.78 is 5.79. The highest BCUT2D eigenvalue weighted by Gasteiger charge is 2.41. The minimum absolute atomic E-state index is 0.118. The van der Waals surface area contributed by atoms with Crippen LogP contribution in [0.5, 0.6) is 5.75 Å². The largest absolute Gasteiger partial charge is 0.476 e. The van der Waals surface area contributed by atoms with Crippen molar-refractivity contribution in [3.8, 4) is 5.75 Å². The average molecular weight is 359 g/mol. The molecule has 0 aliphatic carbocycles. The Bertz CT molecular complexity index is 848. The summed E-state index contributed by atoms with van der Waals surface area (Å²) >= 11 is 6.07. The third-order valence-corrected chi connectivity index (χ3v) is 4.31. The van der Waals surface area contributed by atoms with Crippen LogP contribution in [0.1, 0.15) is 19.4 Å². The third kappa shape index (κ3) is 3.46. The Balaban J connectivity index is 1.88. The Morgan fingerprint density at radius 2 is 1.96 bits per heavy atom. The van der Waals surface area contributed by atoms with E-state index in [0.717, 1.165) is 5.56 Å². The molecule has 0 saturated carbocycles. The van der Waals surface area contributed by atoms with E-state index in [4.69, 9.17) is 16.3 Å². The predicted molar refractivity (Wildman–Crippen MR) is 98.3 cm³/mol. The van der Waals surface area contributed by atoms with Crippen LogP contribution in [0.2, 0.25) is 5.02 Å². The first-order valence-electron chi connectivity index (χ1n) is 7.94. The molecule has 0 atom stereocenters. The van der Waals surface area contributed by atoms with Crippen molar-refractivity contribution in [2.75, 3.05) is 16.8 Å². The zero-order chi connectivity index (χ0) is 18.2. The Kier molecular flexibility index (Phi) is 4.43. The number of hydrogen-bond donors (Lipinski definition) is 1. The van der Waals surface area contributed by atoms with Crippen LogP contribution in [0, 0.1) is 6.92 Å². The second-order valence-electron chi connectivity index (χ2n) is 6.50. The Morgan fingerprint density at radius 1 is 1.24 bits per heavy atom. The molecule has 0 bridgehead atoms. The van der Waals surface area contributed by atoms with Gasteiger partial charge in [-0.1, -0.05) is 29.8 Å². The van der Waals surface area contributed by atoms with Crippen LogP contribution in [-0.2, 0) is 9.59 Å². The van der Waals surface area contributed by atoms with E-state index in [1.807, 2.05) is 25.1 Å². The first-order valence-corrected chi connectivity index (χ1v) is 8.32. The highest BCUT2D eigenvalue weighted by molar-refractivity contribution is 6.33. The molecule has 130 valence electrons. The Hall–Kier alpha value is -2.53. The Labute approximate surface area is 151 Å². The van der Waals surface area contributed by atoms with Gasteiger partial charge in [-0.25, -0.2) is 0 Å². The number of hydrogen-bond acceptors (Lipinski definition) is 3. The quantitative estimate of drug-likeness (QED) is 0.908. The number of fused-ring (bicyclic) bond motifs is 1. The number of carbonyl (C=O) groups excluding carboxylic acids is 2. The number of nitrogens with zero attached hydrogens (tertiary/aromatic N) is 1. The van der Waals surface area contributed by atoms with E-state index in [1.165, 1.54) is 4.90 Å². The SMILES string of the molecule is Cc1ccc2c(c1)N(CC(=O)Nc1ccccc1Cl)C(=O)C(C)(C)O2. The lowest BCUT2D eigenvalue weighted by atomic mass is 10.0. The number of halogens is 1.